The van der Waals surface area contributed by atoms with Gasteiger partial charge in [0.05, 0.1) is 18.0 Å². The molecule has 2 aromatic rings. The SMILES string of the molecule is CCC(=O)NC(C(=O)N1CCN(C)CC1)C(C)c1ccc(NC(=O)C(NC(=O)C(F)(F)c2ccc(CO)nc2)C2CCC(F)(F)CC2)c(F)c1. The molecule has 1 aliphatic carbocycles. The van der Waals surface area contributed by atoms with E-state index in [1.807, 2.05) is 12.4 Å². The Kier molecular flexibility index (Phi) is 12.5. The van der Waals surface area contributed by atoms with Crippen LogP contribution in [0.5, 0.6) is 0 Å². The summed E-state index contributed by atoms with van der Waals surface area (Å²) < 4.78 is 73.9. The number of rotatable bonds is 12. The average Bonchev–Trinajstić information content (AvgIpc) is 3.10. The van der Waals surface area contributed by atoms with E-state index in [-0.39, 0.29) is 42.5 Å². The van der Waals surface area contributed by atoms with Crippen LogP contribution in [0.25, 0.3) is 0 Å². The van der Waals surface area contributed by atoms with Crippen LogP contribution in [0.15, 0.2) is 36.5 Å². The number of pyridine rings is 1. The van der Waals surface area contributed by atoms with Crippen LogP contribution in [0.4, 0.5) is 27.6 Å². The summed E-state index contributed by atoms with van der Waals surface area (Å²) in [5, 5.41) is 16.2. The van der Waals surface area contributed by atoms with Crippen molar-refractivity contribution in [3.8, 4) is 0 Å². The van der Waals surface area contributed by atoms with Crippen molar-refractivity contribution < 1.29 is 46.2 Å². The van der Waals surface area contributed by atoms with Crippen molar-refractivity contribution in [3.63, 3.8) is 0 Å². The molecule has 1 saturated heterocycles. The van der Waals surface area contributed by atoms with E-state index in [1.54, 1.807) is 18.7 Å². The van der Waals surface area contributed by atoms with Gasteiger partial charge in [-0.2, -0.15) is 8.78 Å². The molecule has 274 valence electrons. The summed E-state index contributed by atoms with van der Waals surface area (Å²) in [4.78, 5) is 59.6. The van der Waals surface area contributed by atoms with Gasteiger partial charge in [0.2, 0.25) is 23.6 Å². The lowest BCUT2D eigenvalue weighted by atomic mass is 9.81. The molecule has 1 aromatic carbocycles. The number of aromatic nitrogens is 1. The van der Waals surface area contributed by atoms with Crippen molar-refractivity contribution in [2.75, 3.05) is 38.5 Å². The van der Waals surface area contributed by atoms with Gasteiger partial charge in [-0.25, -0.2) is 13.2 Å². The normalized spacial score (nSPS) is 18.9. The van der Waals surface area contributed by atoms with Gasteiger partial charge in [0.25, 0.3) is 5.91 Å². The molecule has 3 atom stereocenters. The van der Waals surface area contributed by atoms with Gasteiger partial charge < -0.3 is 30.9 Å². The molecule has 3 unspecified atom stereocenters. The van der Waals surface area contributed by atoms with E-state index >= 15 is 13.2 Å². The number of nitrogens with one attached hydrogen (secondary N) is 3. The number of nitrogens with zero attached hydrogens (tertiary/aromatic N) is 3. The standard InChI is InChI=1S/C34H43F5N6O5/c1-4-27(47)42-28(31(49)45-15-13-44(3)14-16-45)20(2)22-5-8-26(25(35)17-22)41-30(48)29(21-9-11-33(36,37)12-10-21)43-32(50)34(38,39)23-6-7-24(19-46)40-18-23/h5-8,17-18,20-21,28-29,46H,4,9-16,19H2,1-3H3,(H,41,48)(H,42,47)(H,43,50). The van der Waals surface area contributed by atoms with E-state index in [1.165, 1.54) is 12.1 Å². The molecule has 4 N–H and O–H groups in total. The van der Waals surface area contributed by atoms with Crippen molar-refractivity contribution in [3.05, 3.63) is 59.2 Å². The van der Waals surface area contributed by atoms with Crippen molar-refractivity contribution >= 4 is 29.3 Å². The molecule has 0 radical (unpaired) electrons. The van der Waals surface area contributed by atoms with Crippen LogP contribution >= 0.6 is 0 Å². The minimum absolute atomic E-state index is 0.0793. The van der Waals surface area contributed by atoms with Gasteiger partial charge in [0.15, 0.2) is 0 Å². The minimum atomic E-state index is -4.19. The third-order valence-corrected chi connectivity index (χ3v) is 9.43. The Bertz CT molecular complexity index is 1530. The van der Waals surface area contributed by atoms with E-state index in [0.717, 1.165) is 18.2 Å². The Balaban J connectivity index is 1.54. The van der Waals surface area contributed by atoms with Gasteiger partial charge in [-0.1, -0.05) is 19.9 Å². The van der Waals surface area contributed by atoms with Crippen LogP contribution in [0, 0.1) is 11.7 Å². The molecule has 2 heterocycles. The van der Waals surface area contributed by atoms with E-state index in [9.17, 15) is 28.0 Å². The van der Waals surface area contributed by atoms with Gasteiger partial charge in [0.1, 0.15) is 17.9 Å². The maximum absolute atomic E-state index is 15.6. The zero-order valence-electron chi connectivity index (χ0n) is 28.2. The lowest BCUT2D eigenvalue weighted by Gasteiger charge is -2.36. The summed E-state index contributed by atoms with van der Waals surface area (Å²) in [6, 6.07) is 2.98. The highest BCUT2D eigenvalue weighted by atomic mass is 19.3. The number of aliphatic hydroxyl groups is 1. The molecule has 16 heteroatoms. The van der Waals surface area contributed by atoms with Crippen molar-refractivity contribution in [1.82, 2.24) is 25.4 Å². The fraction of sp³-hybridized carbons (Fsp3) is 0.559. The van der Waals surface area contributed by atoms with Crippen molar-refractivity contribution in [1.29, 1.82) is 0 Å². The lowest BCUT2D eigenvalue weighted by Crippen LogP contribution is -2.55. The number of hydrogen-bond donors (Lipinski definition) is 4. The van der Waals surface area contributed by atoms with Crippen LogP contribution in [-0.4, -0.2) is 94.8 Å². The fourth-order valence-corrected chi connectivity index (χ4v) is 6.08. The number of amides is 4. The number of likely N-dealkylation sites (N-methyl/N-ethyl adjacent to an activating group) is 1. The Morgan fingerprint density at radius 1 is 1.04 bits per heavy atom. The third kappa shape index (κ3) is 9.33. The van der Waals surface area contributed by atoms with Crippen LogP contribution in [0.3, 0.4) is 0 Å². The van der Waals surface area contributed by atoms with Gasteiger partial charge >= 0.3 is 5.92 Å². The zero-order chi connectivity index (χ0) is 36.8. The van der Waals surface area contributed by atoms with E-state index in [0.29, 0.717) is 37.9 Å². The smallest absolute Gasteiger partial charge is 0.351 e. The lowest BCUT2D eigenvalue weighted by molar-refractivity contribution is -0.150. The predicted molar refractivity (Wildman–Crippen MR) is 173 cm³/mol. The monoisotopic (exact) mass is 710 g/mol. The quantitative estimate of drug-likeness (QED) is 0.247. The van der Waals surface area contributed by atoms with E-state index < -0.39 is 78.4 Å². The molecule has 1 aliphatic heterocycles. The largest absolute Gasteiger partial charge is 0.390 e. The summed E-state index contributed by atoms with van der Waals surface area (Å²) in [6.45, 7) is 4.97. The molecule has 2 fully saturated rings. The van der Waals surface area contributed by atoms with Crippen LogP contribution in [0.2, 0.25) is 0 Å². The fourth-order valence-electron chi connectivity index (χ4n) is 6.08. The predicted octanol–water partition coefficient (Wildman–Crippen LogP) is 3.53. The van der Waals surface area contributed by atoms with Gasteiger partial charge in [-0.3, -0.25) is 24.2 Å². The van der Waals surface area contributed by atoms with E-state index in [2.05, 4.69) is 20.5 Å². The molecule has 1 aromatic heterocycles. The van der Waals surface area contributed by atoms with Gasteiger partial charge in [-0.05, 0) is 55.6 Å². The summed E-state index contributed by atoms with van der Waals surface area (Å²) in [7, 11) is 1.93. The molecule has 4 rings (SSSR count). The highest BCUT2D eigenvalue weighted by Crippen LogP contribution is 2.38. The second-order valence-corrected chi connectivity index (χ2v) is 13.0. The summed E-state index contributed by atoms with van der Waals surface area (Å²) in [5.41, 5.74) is -0.793. The molecule has 1 saturated carbocycles. The van der Waals surface area contributed by atoms with Crippen molar-refractivity contribution in [2.24, 2.45) is 5.92 Å². The summed E-state index contributed by atoms with van der Waals surface area (Å²) >= 11 is 0. The topological polar surface area (TPSA) is 144 Å². The highest BCUT2D eigenvalue weighted by Gasteiger charge is 2.46. The third-order valence-electron chi connectivity index (χ3n) is 9.43. The van der Waals surface area contributed by atoms with Crippen LogP contribution in [0.1, 0.15) is 68.7 Å². The first kappa shape index (κ1) is 38.6. The molecule has 50 heavy (non-hydrogen) atoms. The number of carbonyl (C=O) groups is 4. The second-order valence-electron chi connectivity index (χ2n) is 13.0. The van der Waals surface area contributed by atoms with Gasteiger partial charge in [0, 0.05) is 63.1 Å². The van der Waals surface area contributed by atoms with Crippen LogP contribution < -0.4 is 16.0 Å². The number of alkyl halides is 4. The Hall–Kier alpha value is -4.18. The van der Waals surface area contributed by atoms with E-state index in [4.69, 9.17) is 5.11 Å². The number of hydrogen-bond acceptors (Lipinski definition) is 7. The average molecular weight is 711 g/mol. The Labute approximate surface area is 287 Å². The maximum atomic E-state index is 15.6. The number of carbonyl (C=O) groups excluding carboxylic acids is 4. The van der Waals surface area contributed by atoms with Crippen molar-refractivity contribution in [2.45, 2.75) is 82.4 Å². The summed E-state index contributed by atoms with van der Waals surface area (Å²) in [5.74, 6) is -13.5. The first-order valence-electron chi connectivity index (χ1n) is 16.6. The molecule has 11 nitrogen and oxygen atoms in total. The molecular weight excluding hydrogens is 667 g/mol. The second kappa shape index (κ2) is 16.2. The number of benzene rings is 1. The first-order valence-corrected chi connectivity index (χ1v) is 16.6. The highest BCUT2D eigenvalue weighted by molar-refractivity contribution is 5.98. The summed E-state index contributed by atoms with van der Waals surface area (Å²) in [6.07, 6.45) is -0.985. The zero-order valence-corrected chi connectivity index (χ0v) is 28.2. The molecule has 4 amide bonds. The Morgan fingerprint density at radius 2 is 1.70 bits per heavy atom. The molecule has 0 spiro atoms. The number of anilines is 1. The maximum Gasteiger partial charge on any atom is 0.351 e. The molecular formula is C34H43F5N6O5. The van der Waals surface area contributed by atoms with Crippen LogP contribution in [-0.2, 0) is 31.7 Å². The number of aliphatic hydroxyl groups excluding tert-OH is 1. The first-order chi connectivity index (χ1) is 23.6. The van der Waals surface area contributed by atoms with Gasteiger partial charge in [-0.15, -0.1) is 0 Å². The molecule has 2 aliphatic rings. The minimum Gasteiger partial charge on any atom is -0.390 e. The Morgan fingerprint density at radius 3 is 2.26 bits per heavy atom. The number of piperazine rings is 1. The molecule has 0 bridgehead atoms. The number of halogens is 5.